The third-order valence-electron chi connectivity index (χ3n) is 3.68. The van der Waals surface area contributed by atoms with Crippen LogP contribution in [0.3, 0.4) is 0 Å². The Hall–Kier alpha value is -1.88. The number of nitrogens with zero attached hydrogens (tertiary/aromatic N) is 2. The lowest BCUT2D eigenvalue weighted by atomic mass is 10.2. The zero-order valence-electron chi connectivity index (χ0n) is 12.4. The topological polar surface area (TPSA) is 41.3 Å². The SMILES string of the molecule is CC(C)NCc1cc(CN2CCc3ccc(F)cc32)on1. The quantitative estimate of drug-likeness (QED) is 0.919. The maximum atomic E-state index is 13.4. The van der Waals surface area contributed by atoms with E-state index < -0.39 is 0 Å². The molecule has 0 unspecified atom stereocenters. The molecule has 0 saturated carbocycles. The van der Waals surface area contributed by atoms with E-state index in [2.05, 4.69) is 29.2 Å². The highest BCUT2D eigenvalue weighted by Crippen LogP contribution is 2.30. The van der Waals surface area contributed by atoms with Crippen molar-refractivity contribution in [3.05, 3.63) is 47.1 Å². The molecule has 0 fully saturated rings. The smallest absolute Gasteiger partial charge is 0.156 e. The van der Waals surface area contributed by atoms with Crippen molar-refractivity contribution in [2.45, 2.75) is 39.4 Å². The van der Waals surface area contributed by atoms with Crippen molar-refractivity contribution in [2.24, 2.45) is 0 Å². The fourth-order valence-electron chi connectivity index (χ4n) is 2.59. The molecule has 1 aromatic carbocycles. The zero-order chi connectivity index (χ0) is 14.8. The molecule has 2 heterocycles. The molecule has 3 rings (SSSR count). The van der Waals surface area contributed by atoms with Gasteiger partial charge in [-0.05, 0) is 24.1 Å². The van der Waals surface area contributed by atoms with Gasteiger partial charge >= 0.3 is 0 Å². The maximum Gasteiger partial charge on any atom is 0.156 e. The number of rotatable bonds is 5. The van der Waals surface area contributed by atoms with E-state index in [1.807, 2.05) is 12.1 Å². The van der Waals surface area contributed by atoms with Crippen LogP contribution in [0.25, 0.3) is 0 Å². The number of aromatic nitrogens is 1. The Morgan fingerprint density at radius 2 is 2.24 bits per heavy atom. The minimum Gasteiger partial charge on any atom is -0.363 e. The van der Waals surface area contributed by atoms with E-state index in [0.29, 0.717) is 19.1 Å². The van der Waals surface area contributed by atoms with Crippen LogP contribution < -0.4 is 10.2 Å². The Kier molecular flexibility index (Phi) is 3.92. The number of halogens is 1. The lowest BCUT2D eigenvalue weighted by Gasteiger charge is -2.17. The summed E-state index contributed by atoms with van der Waals surface area (Å²) in [7, 11) is 0. The molecule has 0 saturated heterocycles. The van der Waals surface area contributed by atoms with Crippen molar-refractivity contribution in [1.82, 2.24) is 10.5 Å². The van der Waals surface area contributed by atoms with Crippen LogP contribution in [0.5, 0.6) is 0 Å². The summed E-state index contributed by atoms with van der Waals surface area (Å²) in [5.41, 5.74) is 3.06. The summed E-state index contributed by atoms with van der Waals surface area (Å²) in [4.78, 5) is 2.14. The van der Waals surface area contributed by atoms with E-state index in [-0.39, 0.29) is 5.82 Å². The normalized spacial score (nSPS) is 14.0. The van der Waals surface area contributed by atoms with Crippen molar-refractivity contribution >= 4 is 5.69 Å². The largest absolute Gasteiger partial charge is 0.363 e. The van der Waals surface area contributed by atoms with Gasteiger partial charge in [-0.3, -0.25) is 0 Å². The van der Waals surface area contributed by atoms with Gasteiger partial charge in [-0.25, -0.2) is 4.39 Å². The Balaban J connectivity index is 1.67. The molecular weight excluding hydrogens is 269 g/mol. The molecule has 0 bridgehead atoms. The summed E-state index contributed by atoms with van der Waals surface area (Å²) in [5.74, 6) is 0.618. The van der Waals surface area contributed by atoms with Crippen molar-refractivity contribution < 1.29 is 8.91 Å². The molecule has 0 amide bonds. The summed E-state index contributed by atoms with van der Waals surface area (Å²) >= 11 is 0. The first kappa shape index (κ1) is 14.1. The molecule has 1 aliphatic rings. The van der Waals surface area contributed by atoms with Crippen molar-refractivity contribution in [3.63, 3.8) is 0 Å². The number of anilines is 1. The van der Waals surface area contributed by atoms with Crippen LogP contribution in [-0.4, -0.2) is 17.7 Å². The maximum absolute atomic E-state index is 13.4. The Morgan fingerprint density at radius 3 is 3.05 bits per heavy atom. The van der Waals surface area contributed by atoms with Gasteiger partial charge in [-0.15, -0.1) is 0 Å². The molecular formula is C16H20FN3O. The van der Waals surface area contributed by atoms with E-state index in [0.717, 1.165) is 30.1 Å². The van der Waals surface area contributed by atoms with Crippen LogP contribution in [0.4, 0.5) is 10.1 Å². The van der Waals surface area contributed by atoms with Crippen molar-refractivity contribution in [2.75, 3.05) is 11.4 Å². The van der Waals surface area contributed by atoms with Crippen LogP contribution in [-0.2, 0) is 19.5 Å². The van der Waals surface area contributed by atoms with Crippen LogP contribution >= 0.6 is 0 Å². The number of fused-ring (bicyclic) bond motifs is 1. The summed E-state index contributed by atoms with van der Waals surface area (Å²) in [6, 6.07) is 7.36. The minimum atomic E-state index is -0.194. The predicted octanol–water partition coefficient (Wildman–Crippen LogP) is 2.87. The second-order valence-electron chi connectivity index (χ2n) is 5.76. The van der Waals surface area contributed by atoms with E-state index in [4.69, 9.17) is 4.52 Å². The van der Waals surface area contributed by atoms with E-state index in [1.165, 1.54) is 11.6 Å². The molecule has 0 radical (unpaired) electrons. The predicted molar refractivity (Wildman–Crippen MR) is 79.6 cm³/mol. The molecule has 0 spiro atoms. The van der Waals surface area contributed by atoms with Gasteiger partial charge in [0.25, 0.3) is 0 Å². The number of nitrogens with one attached hydrogen (secondary N) is 1. The molecule has 1 aromatic heterocycles. The van der Waals surface area contributed by atoms with Gasteiger partial charge < -0.3 is 14.7 Å². The molecule has 1 N–H and O–H groups in total. The van der Waals surface area contributed by atoms with Crippen LogP contribution in [0.2, 0.25) is 0 Å². The highest BCUT2D eigenvalue weighted by Gasteiger charge is 2.21. The summed E-state index contributed by atoms with van der Waals surface area (Å²) in [5, 5.41) is 7.37. The van der Waals surface area contributed by atoms with Gasteiger partial charge in [0.2, 0.25) is 0 Å². The van der Waals surface area contributed by atoms with Gasteiger partial charge in [0.15, 0.2) is 5.76 Å². The van der Waals surface area contributed by atoms with Gasteiger partial charge in [0.05, 0.1) is 12.2 Å². The molecule has 0 aliphatic carbocycles. The first-order valence-electron chi connectivity index (χ1n) is 7.33. The fourth-order valence-corrected chi connectivity index (χ4v) is 2.59. The first-order valence-corrected chi connectivity index (χ1v) is 7.33. The monoisotopic (exact) mass is 289 g/mol. The summed E-state index contributed by atoms with van der Waals surface area (Å²) in [6.07, 6.45) is 0.950. The lowest BCUT2D eigenvalue weighted by molar-refractivity contribution is 0.373. The Labute approximate surface area is 123 Å². The number of hydrogen-bond donors (Lipinski definition) is 1. The highest BCUT2D eigenvalue weighted by molar-refractivity contribution is 5.58. The number of hydrogen-bond acceptors (Lipinski definition) is 4. The van der Waals surface area contributed by atoms with Gasteiger partial charge in [-0.1, -0.05) is 25.1 Å². The Morgan fingerprint density at radius 1 is 1.38 bits per heavy atom. The molecule has 5 heteroatoms. The van der Waals surface area contributed by atoms with Crippen molar-refractivity contribution in [1.29, 1.82) is 0 Å². The van der Waals surface area contributed by atoms with Crippen LogP contribution in [0.1, 0.15) is 30.9 Å². The van der Waals surface area contributed by atoms with Gasteiger partial charge in [0, 0.05) is 30.9 Å². The highest BCUT2D eigenvalue weighted by atomic mass is 19.1. The third kappa shape index (κ3) is 3.24. The second kappa shape index (κ2) is 5.85. The van der Waals surface area contributed by atoms with E-state index >= 15 is 0 Å². The Bertz CT molecular complexity index is 624. The fraction of sp³-hybridized carbons (Fsp3) is 0.438. The van der Waals surface area contributed by atoms with Crippen LogP contribution in [0.15, 0.2) is 28.8 Å². The molecule has 112 valence electrons. The minimum absolute atomic E-state index is 0.194. The van der Waals surface area contributed by atoms with Gasteiger partial charge in [-0.2, -0.15) is 0 Å². The first-order chi connectivity index (χ1) is 10.1. The molecule has 2 aromatic rings. The average Bonchev–Trinajstić information content (AvgIpc) is 3.05. The van der Waals surface area contributed by atoms with Gasteiger partial charge in [0.1, 0.15) is 5.82 Å². The zero-order valence-corrected chi connectivity index (χ0v) is 12.4. The molecule has 0 atom stereocenters. The molecule has 4 nitrogen and oxygen atoms in total. The van der Waals surface area contributed by atoms with Crippen LogP contribution in [0, 0.1) is 5.82 Å². The number of benzene rings is 1. The van der Waals surface area contributed by atoms with Crippen molar-refractivity contribution in [3.8, 4) is 0 Å². The van der Waals surface area contributed by atoms with E-state index in [9.17, 15) is 4.39 Å². The molecule has 21 heavy (non-hydrogen) atoms. The summed E-state index contributed by atoms with van der Waals surface area (Å²) < 4.78 is 18.8. The third-order valence-corrected chi connectivity index (χ3v) is 3.68. The standard InChI is InChI=1S/C16H20FN3O/c1-11(2)18-9-14-8-15(21-19-14)10-20-6-5-12-3-4-13(17)7-16(12)20/h3-4,7-8,11,18H,5-6,9-10H2,1-2H3. The second-order valence-corrected chi connectivity index (χ2v) is 5.76. The molecule has 1 aliphatic heterocycles. The van der Waals surface area contributed by atoms with E-state index in [1.54, 1.807) is 6.07 Å². The summed E-state index contributed by atoms with van der Waals surface area (Å²) in [6.45, 7) is 6.41. The lowest BCUT2D eigenvalue weighted by Crippen LogP contribution is -2.22. The average molecular weight is 289 g/mol.